The van der Waals surface area contributed by atoms with Crippen LogP contribution >= 0.6 is 0 Å². The highest BCUT2D eigenvalue weighted by Gasteiger charge is 2.38. The van der Waals surface area contributed by atoms with Crippen molar-refractivity contribution in [1.82, 2.24) is 4.90 Å². The molecule has 1 aliphatic heterocycles. The Bertz CT molecular complexity index is 898. The van der Waals surface area contributed by atoms with E-state index >= 15 is 0 Å². The van der Waals surface area contributed by atoms with Gasteiger partial charge >= 0.3 is 5.97 Å². The number of likely N-dealkylation sites (N-methyl/N-ethyl adjacent to an activating group) is 1. The summed E-state index contributed by atoms with van der Waals surface area (Å²) in [5.41, 5.74) is 1.96. The highest BCUT2D eigenvalue weighted by Crippen LogP contribution is 2.26. The molecule has 3 rings (SSSR count). The summed E-state index contributed by atoms with van der Waals surface area (Å²) in [5.74, 6) is 0.127. The normalized spacial score (nSPS) is 15.6. The summed E-state index contributed by atoms with van der Waals surface area (Å²) in [4.78, 5) is 27.1. The minimum Gasteiger partial charge on any atom is -0.497 e. The van der Waals surface area contributed by atoms with Crippen LogP contribution in [0.15, 0.2) is 59.7 Å². The summed E-state index contributed by atoms with van der Waals surface area (Å²) in [6.45, 7) is 2.42. The van der Waals surface area contributed by atoms with E-state index in [-0.39, 0.29) is 24.6 Å². The predicted octanol–water partition coefficient (Wildman–Crippen LogP) is 2.85. The lowest BCUT2D eigenvalue weighted by Crippen LogP contribution is -2.43. The smallest absolute Gasteiger partial charge is 0.354 e. The summed E-state index contributed by atoms with van der Waals surface area (Å²) >= 11 is 0. The standard InChI is InChI=1S/C22H25N3O4/c1-4-29-22(27)19-14-20(25(23-19)17-10-6-5-7-11-17)21(26)24(2)15-16-9-8-12-18(13-16)28-3/h5-13,20H,4,14-15H2,1-3H3. The number of rotatable bonds is 7. The molecule has 1 atom stereocenters. The number of benzene rings is 2. The second-order valence-electron chi connectivity index (χ2n) is 6.71. The number of carbonyl (C=O) groups excluding carboxylic acids is 2. The van der Waals surface area contributed by atoms with Gasteiger partial charge in [-0.25, -0.2) is 4.79 Å². The Morgan fingerprint density at radius 2 is 1.93 bits per heavy atom. The van der Waals surface area contributed by atoms with Crippen LogP contribution < -0.4 is 9.75 Å². The van der Waals surface area contributed by atoms with Crippen LogP contribution in [0.1, 0.15) is 18.9 Å². The molecule has 0 saturated carbocycles. The van der Waals surface area contributed by atoms with E-state index in [1.54, 1.807) is 31.0 Å². The van der Waals surface area contributed by atoms with Crippen molar-refractivity contribution in [3.63, 3.8) is 0 Å². The van der Waals surface area contributed by atoms with Gasteiger partial charge in [-0.05, 0) is 36.8 Å². The van der Waals surface area contributed by atoms with Crippen LogP contribution in [0, 0.1) is 0 Å². The first-order chi connectivity index (χ1) is 14.0. The number of nitrogens with zero attached hydrogens (tertiary/aromatic N) is 3. The van der Waals surface area contributed by atoms with Gasteiger partial charge in [-0.15, -0.1) is 0 Å². The number of amides is 1. The van der Waals surface area contributed by atoms with Crippen LogP contribution in [0.2, 0.25) is 0 Å². The number of hydrogen-bond donors (Lipinski definition) is 0. The molecular weight excluding hydrogens is 370 g/mol. The fourth-order valence-corrected chi connectivity index (χ4v) is 3.24. The lowest BCUT2D eigenvalue weighted by Gasteiger charge is -2.27. The Kier molecular flexibility index (Phi) is 6.49. The highest BCUT2D eigenvalue weighted by atomic mass is 16.5. The molecular formula is C22H25N3O4. The van der Waals surface area contributed by atoms with Crippen molar-refractivity contribution in [3.05, 3.63) is 60.2 Å². The number of carbonyl (C=O) groups is 2. The molecule has 1 aliphatic rings. The number of para-hydroxylation sites is 1. The summed E-state index contributed by atoms with van der Waals surface area (Å²) < 4.78 is 10.3. The second-order valence-corrected chi connectivity index (χ2v) is 6.71. The SMILES string of the molecule is CCOC(=O)C1=NN(c2ccccc2)C(C(=O)N(C)Cc2cccc(OC)c2)C1. The van der Waals surface area contributed by atoms with E-state index in [0.29, 0.717) is 6.54 Å². The van der Waals surface area contributed by atoms with Gasteiger partial charge in [0, 0.05) is 20.0 Å². The van der Waals surface area contributed by atoms with Gasteiger partial charge in [0.1, 0.15) is 17.5 Å². The zero-order chi connectivity index (χ0) is 20.8. The third kappa shape index (κ3) is 4.74. The van der Waals surface area contributed by atoms with Crippen LogP contribution in [0.3, 0.4) is 0 Å². The van der Waals surface area contributed by atoms with Crippen LogP contribution in [-0.2, 0) is 20.9 Å². The molecule has 2 aromatic rings. The zero-order valence-corrected chi connectivity index (χ0v) is 16.9. The van der Waals surface area contributed by atoms with Crippen molar-refractivity contribution in [2.75, 3.05) is 25.8 Å². The highest BCUT2D eigenvalue weighted by molar-refractivity contribution is 6.38. The van der Waals surface area contributed by atoms with Gasteiger partial charge in [0.15, 0.2) is 0 Å². The molecule has 0 fully saturated rings. The lowest BCUT2D eigenvalue weighted by atomic mass is 10.1. The average Bonchev–Trinajstić information content (AvgIpc) is 3.19. The molecule has 2 aromatic carbocycles. The van der Waals surface area contributed by atoms with Gasteiger partial charge in [0.05, 0.1) is 19.4 Å². The topological polar surface area (TPSA) is 71.4 Å². The predicted molar refractivity (Wildman–Crippen MR) is 111 cm³/mol. The minimum absolute atomic E-state index is 0.125. The molecule has 0 spiro atoms. The number of esters is 1. The first kappa shape index (κ1) is 20.4. The van der Waals surface area contributed by atoms with Crippen LogP contribution in [0.4, 0.5) is 5.69 Å². The molecule has 0 aromatic heterocycles. The average molecular weight is 395 g/mol. The first-order valence-corrected chi connectivity index (χ1v) is 9.50. The molecule has 1 unspecified atom stereocenters. The van der Waals surface area contributed by atoms with E-state index in [2.05, 4.69) is 5.10 Å². The van der Waals surface area contributed by atoms with Gasteiger partial charge in [-0.3, -0.25) is 9.80 Å². The van der Waals surface area contributed by atoms with Crippen molar-refractivity contribution < 1.29 is 19.1 Å². The molecule has 0 saturated heterocycles. The van der Waals surface area contributed by atoms with Gasteiger partial charge < -0.3 is 14.4 Å². The number of hydrazone groups is 1. The van der Waals surface area contributed by atoms with Crippen LogP contribution in [-0.4, -0.2) is 49.3 Å². The quantitative estimate of drug-likeness (QED) is 0.674. The molecule has 7 nitrogen and oxygen atoms in total. The van der Waals surface area contributed by atoms with Crippen molar-refractivity contribution in [2.45, 2.75) is 25.9 Å². The number of anilines is 1. The Hall–Kier alpha value is -3.35. The van der Waals surface area contributed by atoms with Crippen molar-refractivity contribution in [1.29, 1.82) is 0 Å². The van der Waals surface area contributed by atoms with Crippen LogP contribution in [0.25, 0.3) is 0 Å². The molecule has 0 aliphatic carbocycles. The Labute approximate surface area is 170 Å². The maximum absolute atomic E-state index is 13.2. The largest absolute Gasteiger partial charge is 0.497 e. The third-order valence-corrected chi connectivity index (χ3v) is 4.66. The first-order valence-electron chi connectivity index (χ1n) is 9.50. The molecule has 29 heavy (non-hydrogen) atoms. The molecule has 7 heteroatoms. The second kappa shape index (κ2) is 9.23. The molecule has 0 radical (unpaired) electrons. The van der Waals surface area contributed by atoms with Crippen molar-refractivity contribution in [3.8, 4) is 5.75 Å². The van der Waals surface area contributed by atoms with E-state index in [4.69, 9.17) is 9.47 Å². The van der Waals surface area contributed by atoms with Crippen molar-refractivity contribution >= 4 is 23.3 Å². The molecule has 0 N–H and O–H groups in total. The maximum Gasteiger partial charge on any atom is 0.354 e. The van der Waals surface area contributed by atoms with Gasteiger partial charge in [-0.1, -0.05) is 30.3 Å². The Balaban J connectivity index is 1.80. The Morgan fingerprint density at radius 3 is 2.62 bits per heavy atom. The van der Waals surface area contributed by atoms with Gasteiger partial charge in [0.25, 0.3) is 0 Å². The minimum atomic E-state index is -0.604. The fourth-order valence-electron chi connectivity index (χ4n) is 3.24. The van der Waals surface area contributed by atoms with Gasteiger partial charge in [-0.2, -0.15) is 5.10 Å². The van der Waals surface area contributed by atoms with E-state index in [1.165, 1.54) is 0 Å². The zero-order valence-electron chi connectivity index (χ0n) is 16.9. The molecule has 152 valence electrons. The molecule has 1 amide bonds. The lowest BCUT2D eigenvalue weighted by molar-refractivity contribution is -0.135. The summed E-state index contributed by atoms with van der Waals surface area (Å²) in [6.07, 6.45) is 0.203. The van der Waals surface area contributed by atoms with Crippen LogP contribution in [0.5, 0.6) is 5.75 Å². The number of methoxy groups -OCH3 is 1. The summed E-state index contributed by atoms with van der Waals surface area (Å²) in [5, 5.41) is 6.01. The van der Waals surface area contributed by atoms with E-state index in [9.17, 15) is 9.59 Å². The van der Waals surface area contributed by atoms with Gasteiger partial charge in [0.2, 0.25) is 5.91 Å². The Morgan fingerprint density at radius 1 is 1.17 bits per heavy atom. The van der Waals surface area contributed by atoms with E-state index in [1.807, 2.05) is 54.6 Å². The summed E-state index contributed by atoms with van der Waals surface area (Å²) in [6, 6.07) is 16.3. The summed E-state index contributed by atoms with van der Waals surface area (Å²) in [7, 11) is 3.35. The number of ether oxygens (including phenoxy) is 2. The molecule has 1 heterocycles. The fraction of sp³-hybridized carbons (Fsp3) is 0.318. The van der Waals surface area contributed by atoms with E-state index < -0.39 is 12.0 Å². The number of hydrogen-bond acceptors (Lipinski definition) is 6. The molecule has 0 bridgehead atoms. The van der Waals surface area contributed by atoms with Crippen molar-refractivity contribution in [2.24, 2.45) is 5.10 Å². The third-order valence-electron chi connectivity index (χ3n) is 4.66. The maximum atomic E-state index is 13.2. The van der Waals surface area contributed by atoms with E-state index in [0.717, 1.165) is 17.0 Å². The monoisotopic (exact) mass is 395 g/mol.